The van der Waals surface area contributed by atoms with Crippen LogP contribution in [0, 0.1) is 11.7 Å². The number of likely N-dealkylation sites (tertiary alicyclic amines) is 1. The number of hydrogen-bond donors (Lipinski definition) is 0. The molecule has 1 heterocycles. The number of halogens is 2. The van der Waals surface area contributed by atoms with Crippen LogP contribution in [0.1, 0.15) is 25.3 Å². The van der Waals surface area contributed by atoms with Gasteiger partial charge in [-0.2, -0.15) is 0 Å². The Labute approximate surface area is 105 Å². The normalized spacial score (nSPS) is 21.6. The molecule has 3 heteroatoms. The third kappa shape index (κ3) is 3.05. The quantitative estimate of drug-likeness (QED) is 0.816. The van der Waals surface area contributed by atoms with E-state index in [2.05, 4.69) is 27.8 Å². The van der Waals surface area contributed by atoms with Gasteiger partial charge in [-0.05, 0) is 42.6 Å². The zero-order valence-corrected chi connectivity index (χ0v) is 11.1. The van der Waals surface area contributed by atoms with Crippen LogP contribution in [0.3, 0.4) is 0 Å². The molecule has 0 aliphatic carbocycles. The van der Waals surface area contributed by atoms with Crippen molar-refractivity contribution in [3.05, 3.63) is 34.1 Å². The van der Waals surface area contributed by atoms with Gasteiger partial charge in [-0.15, -0.1) is 0 Å². The van der Waals surface area contributed by atoms with E-state index in [1.807, 2.05) is 6.07 Å². The summed E-state index contributed by atoms with van der Waals surface area (Å²) in [4.78, 5) is 2.41. The van der Waals surface area contributed by atoms with Crippen LogP contribution in [0.15, 0.2) is 22.7 Å². The molecular formula is C13H17BrFN. The van der Waals surface area contributed by atoms with Crippen molar-refractivity contribution in [1.29, 1.82) is 0 Å². The van der Waals surface area contributed by atoms with Crippen molar-refractivity contribution in [2.75, 3.05) is 13.1 Å². The molecule has 1 nitrogen and oxygen atoms in total. The first-order valence-electron chi connectivity index (χ1n) is 5.84. The molecule has 0 spiro atoms. The van der Waals surface area contributed by atoms with E-state index < -0.39 is 0 Å². The summed E-state index contributed by atoms with van der Waals surface area (Å²) in [6.45, 7) is 5.41. The summed E-state index contributed by atoms with van der Waals surface area (Å²) in [5.74, 6) is 0.674. The second-order valence-corrected chi connectivity index (χ2v) is 5.49. The highest BCUT2D eigenvalue weighted by molar-refractivity contribution is 9.10. The van der Waals surface area contributed by atoms with E-state index in [0.29, 0.717) is 0 Å². The summed E-state index contributed by atoms with van der Waals surface area (Å²) in [6.07, 6.45) is 2.54. The summed E-state index contributed by atoms with van der Waals surface area (Å²) in [6, 6.07) is 5.13. The van der Waals surface area contributed by atoms with Gasteiger partial charge in [0.15, 0.2) is 0 Å². The Morgan fingerprint density at radius 2 is 2.25 bits per heavy atom. The summed E-state index contributed by atoms with van der Waals surface area (Å²) >= 11 is 3.33. The second kappa shape index (κ2) is 5.28. The molecule has 0 aromatic heterocycles. The van der Waals surface area contributed by atoms with Crippen LogP contribution < -0.4 is 0 Å². The van der Waals surface area contributed by atoms with Gasteiger partial charge in [-0.1, -0.05) is 29.3 Å². The van der Waals surface area contributed by atoms with Crippen LogP contribution in [0.4, 0.5) is 4.39 Å². The predicted molar refractivity (Wildman–Crippen MR) is 67.8 cm³/mol. The van der Waals surface area contributed by atoms with Gasteiger partial charge in [0.25, 0.3) is 0 Å². The lowest BCUT2D eigenvalue weighted by atomic mass is 10.1. The van der Waals surface area contributed by atoms with E-state index in [9.17, 15) is 4.39 Å². The lowest BCUT2D eigenvalue weighted by molar-refractivity contribution is 0.314. The van der Waals surface area contributed by atoms with Gasteiger partial charge in [-0.3, -0.25) is 4.90 Å². The van der Waals surface area contributed by atoms with Crippen LogP contribution in [0.25, 0.3) is 0 Å². The van der Waals surface area contributed by atoms with E-state index in [4.69, 9.17) is 0 Å². The Morgan fingerprint density at radius 3 is 2.88 bits per heavy atom. The van der Waals surface area contributed by atoms with Gasteiger partial charge in [0.2, 0.25) is 0 Å². The predicted octanol–water partition coefficient (Wildman–Crippen LogP) is 3.82. The molecule has 1 aromatic carbocycles. The van der Waals surface area contributed by atoms with Gasteiger partial charge >= 0.3 is 0 Å². The largest absolute Gasteiger partial charge is 0.299 e. The Hall–Kier alpha value is -0.410. The van der Waals surface area contributed by atoms with Crippen LogP contribution in [0.5, 0.6) is 0 Å². The number of rotatable bonds is 3. The molecule has 1 aliphatic heterocycles. The van der Waals surface area contributed by atoms with Crippen molar-refractivity contribution in [3.63, 3.8) is 0 Å². The van der Waals surface area contributed by atoms with Gasteiger partial charge in [0, 0.05) is 17.6 Å². The lowest BCUT2D eigenvalue weighted by Gasteiger charge is -2.15. The molecule has 1 aromatic rings. The van der Waals surface area contributed by atoms with Crippen molar-refractivity contribution in [2.24, 2.45) is 5.92 Å². The molecule has 1 atom stereocenters. The fourth-order valence-electron chi connectivity index (χ4n) is 2.35. The Morgan fingerprint density at radius 1 is 1.44 bits per heavy atom. The summed E-state index contributed by atoms with van der Waals surface area (Å²) in [7, 11) is 0. The fraction of sp³-hybridized carbons (Fsp3) is 0.538. The zero-order chi connectivity index (χ0) is 11.5. The number of nitrogens with zero attached hydrogens (tertiary/aromatic N) is 1. The van der Waals surface area contributed by atoms with Crippen LogP contribution in [-0.2, 0) is 6.54 Å². The van der Waals surface area contributed by atoms with Crippen molar-refractivity contribution >= 4 is 15.9 Å². The molecule has 1 unspecified atom stereocenters. The van der Waals surface area contributed by atoms with Gasteiger partial charge in [0.1, 0.15) is 5.82 Å². The molecule has 0 N–H and O–H groups in total. The molecule has 0 amide bonds. The molecule has 1 aliphatic rings. The minimum atomic E-state index is -0.157. The molecule has 2 rings (SSSR count). The summed E-state index contributed by atoms with van der Waals surface area (Å²) < 4.78 is 14.0. The maximum absolute atomic E-state index is 13.2. The van der Waals surface area contributed by atoms with Crippen LogP contribution in [-0.4, -0.2) is 18.0 Å². The van der Waals surface area contributed by atoms with Gasteiger partial charge in [-0.25, -0.2) is 4.39 Å². The third-order valence-corrected chi connectivity index (χ3v) is 3.73. The molecule has 0 bridgehead atoms. The average Bonchev–Trinajstić information content (AvgIpc) is 2.64. The van der Waals surface area contributed by atoms with E-state index >= 15 is 0 Å². The molecule has 1 fully saturated rings. The number of hydrogen-bond acceptors (Lipinski definition) is 1. The fourth-order valence-corrected chi connectivity index (χ4v) is 2.86. The van der Waals surface area contributed by atoms with Crippen molar-refractivity contribution in [2.45, 2.75) is 26.3 Å². The first-order chi connectivity index (χ1) is 7.67. The highest BCUT2D eigenvalue weighted by atomic mass is 79.9. The average molecular weight is 286 g/mol. The van der Waals surface area contributed by atoms with Crippen molar-refractivity contribution < 1.29 is 4.39 Å². The topological polar surface area (TPSA) is 3.24 Å². The zero-order valence-electron chi connectivity index (χ0n) is 9.55. The standard InChI is InChI=1S/C13H17BrFN/c1-2-10-3-4-16(8-10)9-11-5-12(14)7-13(15)6-11/h5-7,10H,2-4,8-9H2,1H3. The first kappa shape index (κ1) is 12.1. The third-order valence-electron chi connectivity index (χ3n) is 3.28. The molecule has 16 heavy (non-hydrogen) atoms. The number of benzene rings is 1. The summed E-state index contributed by atoms with van der Waals surface area (Å²) in [5.41, 5.74) is 1.06. The lowest BCUT2D eigenvalue weighted by Crippen LogP contribution is -2.20. The maximum atomic E-state index is 13.2. The van der Waals surface area contributed by atoms with E-state index in [0.717, 1.165) is 35.6 Å². The first-order valence-corrected chi connectivity index (χ1v) is 6.64. The molecule has 1 saturated heterocycles. The molecule has 88 valence electrons. The van der Waals surface area contributed by atoms with E-state index in [1.54, 1.807) is 6.07 Å². The minimum absolute atomic E-state index is 0.157. The maximum Gasteiger partial charge on any atom is 0.124 e. The van der Waals surface area contributed by atoms with Crippen LogP contribution >= 0.6 is 15.9 Å². The smallest absolute Gasteiger partial charge is 0.124 e. The monoisotopic (exact) mass is 285 g/mol. The molecule has 0 saturated carbocycles. The highest BCUT2D eigenvalue weighted by Gasteiger charge is 2.20. The van der Waals surface area contributed by atoms with Crippen molar-refractivity contribution in [1.82, 2.24) is 4.90 Å². The Kier molecular flexibility index (Phi) is 3.98. The van der Waals surface area contributed by atoms with Crippen LogP contribution in [0.2, 0.25) is 0 Å². The minimum Gasteiger partial charge on any atom is -0.299 e. The molecular weight excluding hydrogens is 269 g/mol. The Bertz CT molecular complexity index is 347. The van der Waals surface area contributed by atoms with E-state index in [-0.39, 0.29) is 5.82 Å². The SMILES string of the molecule is CCC1CCN(Cc2cc(F)cc(Br)c2)C1. The molecule has 0 radical (unpaired) electrons. The summed E-state index contributed by atoms with van der Waals surface area (Å²) in [5, 5.41) is 0. The van der Waals surface area contributed by atoms with Crippen molar-refractivity contribution in [3.8, 4) is 0 Å². The second-order valence-electron chi connectivity index (χ2n) is 4.58. The Balaban J connectivity index is 1.99. The van der Waals surface area contributed by atoms with Gasteiger partial charge in [0.05, 0.1) is 0 Å². The van der Waals surface area contributed by atoms with E-state index in [1.165, 1.54) is 18.9 Å². The van der Waals surface area contributed by atoms with Gasteiger partial charge < -0.3 is 0 Å². The highest BCUT2D eigenvalue weighted by Crippen LogP contribution is 2.22.